The Balaban J connectivity index is 1.43. The first kappa shape index (κ1) is 23.1. The zero-order valence-electron chi connectivity index (χ0n) is 18.1. The summed E-state index contributed by atoms with van der Waals surface area (Å²) in [6.45, 7) is 0. The highest BCUT2D eigenvalue weighted by Gasteiger charge is 2.17. The molecule has 0 heterocycles. The molecule has 0 atom stereocenters. The summed E-state index contributed by atoms with van der Waals surface area (Å²) in [6, 6.07) is 42.8. The first-order valence-corrected chi connectivity index (χ1v) is 15.5. The molecule has 162 valence electrons. The molecular weight excluding hydrogens is 446 g/mol. The molecule has 0 aliphatic heterocycles. The average Bonchev–Trinajstić information content (AvgIpc) is 2.87. The van der Waals surface area contributed by atoms with E-state index >= 15 is 0 Å². The van der Waals surface area contributed by atoms with Crippen molar-refractivity contribution in [1.29, 1.82) is 0 Å². The zero-order valence-corrected chi connectivity index (χ0v) is 20.7. The minimum Gasteiger partial charge on any atom is -0.260 e. The van der Waals surface area contributed by atoms with Gasteiger partial charge in [-0.3, -0.25) is 4.21 Å². The van der Waals surface area contributed by atoms with Gasteiger partial charge in [-0.2, -0.15) is 0 Å². The first-order chi connectivity index (χ1) is 15.8. The summed E-state index contributed by atoms with van der Waals surface area (Å²) >= 11 is 0. The fraction of sp³-hybridized carbons (Fsp3) is 0.143. The topological polar surface area (TPSA) is 17.1 Å². The zero-order chi connectivity index (χ0) is 22.0. The van der Waals surface area contributed by atoms with E-state index in [1.54, 1.807) is 0 Å². The van der Waals surface area contributed by atoms with Gasteiger partial charge in [0.15, 0.2) is 0 Å². The Morgan fingerprint density at radius 2 is 0.688 bits per heavy atom. The lowest BCUT2D eigenvalue weighted by Crippen LogP contribution is -2.20. The predicted molar refractivity (Wildman–Crippen MR) is 146 cm³/mol. The number of benzene rings is 4. The predicted octanol–water partition coefficient (Wildman–Crippen LogP) is 5.00. The van der Waals surface area contributed by atoms with Crippen molar-refractivity contribution < 1.29 is 4.21 Å². The van der Waals surface area contributed by atoms with Crippen LogP contribution in [0.25, 0.3) is 0 Å². The van der Waals surface area contributed by atoms with E-state index in [1.807, 2.05) is 0 Å². The summed E-state index contributed by atoms with van der Waals surface area (Å²) in [5, 5.41) is 5.45. The van der Waals surface area contributed by atoms with Crippen LogP contribution in [0, 0.1) is 0 Å². The lowest BCUT2D eigenvalue weighted by molar-refractivity contribution is 0.685. The van der Waals surface area contributed by atoms with Crippen LogP contribution in [0.2, 0.25) is 0 Å². The van der Waals surface area contributed by atoms with Gasteiger partial charge >= 0.3 is 0 Å². The molecule has 0 saturated heterocycles. The van der Waals surface area contributed by atoms with E-state index in [-0.39, 0.29) is 0 Å². The highest BCUT2D eigenvalue weighted by molar-refractivity contribution is 7.86. The second-order valence-electron chi connectivity index (χ2n) is 7.49. The van der Waals surface area contributed by atoms with Gasteiger partial charge in [0, 0.05) is 22.3 Å². The molecule has 1 nitrogen and oxygen atoms in total. The van der Waals surface area contributed by atoms with Crippen LogP contribution in [0.1, 0.15) is 0 Å². The second-order valence-corrected chi connectivity index (χ2v) is 13.9. The molecular formula is C28H28OP2S. The molecule has 32 heavy (non-hydrogen) atoms. The van der Waals surface area contributed by atoms with Gasteiger partial charge in [-0.05, 0) is 49.4 Å². The summed E-state index contributed by atoms with van der Waals surface area (Å²) < 4.78 is 13.1. The first-order valence-electron chi connectivity index (χ1n) is 10.9. The second kappa shape index (κ2) is 12.2. The summed E-state index contributed by atoms with van der Waals surface area (Å²) in [5.74, 6) is 1.50. The summed E-state index contributed by atoms with van der Waals surface area (Å²) in [6.07, 6.45) is 1.93. The standard InChI is InChI=1S/C28H28OP2S/c29-32(23-21-30(25-13-5-1-6-14-25)26-15-7-2-8-16-26)24-22-31(27-17-9-3-10-18-27)28-19-11-4-12-20-28/h1-20H,21-24H2. The van der Waals surface area contributed by atoms with Crippen LogP contribution in [0.15, 0.2) is 121 Å². The van der Waals surface area contributed by atoms with Crippen LogP contribution in [0.3, 0.4) is 0 Å². The molecule has 0 aliphatic carbocycles. The van der Waals surface area contributed by atoms with Crippen molar-refractivity contribution in [3.63, 3.8) is 0 Å². The molecule has 4 rings (SSSR count). The smallest absolute Gasteiger partial charge is 0.0280 e. The maximum absolute atomic E-state index is 13.1. The number of hydrogen-bond donors (Lipinski definition) is 0. The Kier molecular flexibility index (Phi) is 8.80. The van der Waals surface area contributed by atoms with Gasteiger partial charge < -0.3 is 0 Å². The average molecular weight is 475 g/mol. The Morgan fingerprint density at radius 3 is 0.938 bits per heavy atom. The van der Waals surface area contributed by atoms with E-state index in [1.165, 1.54) is 21.2 Å². The number of hydrogen-bond acceptors (Lipinski definition) is 1. The highest BCUT2D eigenvalue weighted by atomic mass is 32.2. The van der Waals surface area contributed by atoms with Crippen LogP contribution in [0.5, 0.6) is 0 Å². The van der Waals surface area contributed by atoms with Gasteiger partial charge in [0.25, 0.3) is 0 Å². The van der Waals surface area contributed by atoms with Gasteiger partial charge in [0.05, 0.1) is 0 Å². The van der Waals surface area contributed by atoms with Gasteiger partial charge in [-0.15, -0.1) is 0 Å². The van der Waals surface area contributed by atoms with Crippen LogP contribution in [-0.2, 0) is 10.8 Å². The lowest BCUT2D eigenvalue weighted by atomic mass is 10.4. The number of rotatable bonds is 10. The van der Waals surface area contributed by atoms with E-state index in [9.17, 15) is 4.21 Å². The van der Waals surface area contributed by atoms with Gasteiger partial charge in [-0.25, -0.2) is 0 Å². The normalized spacial score (nSPS) is 11.3. The van der Waals surface area contributed by atoms with E-state index in [0.717, 1.165) is 23.8 Å². The van der Waals surface area contributed by atoms with Gasteiger partial charge in [-0.1, -0.05) is 121 Å². The molecule has 0 aliphatic rings. The van der Waals surface area contributed by atoms with Crippen molar-refractivity contribution in [2.24, 2.45) is 0 Å². The Labute approximate surface area is 196 Å². The quantitative estimate of drug-likeness (QED) is 0.296. The SMILES string of the molecule is O=S(CCP(c1ccccc1)c1ccccc1)CCP(c1ccccc1)c1ccccc1. The molecule has 0 amide bonds. The molecule has 0 saturated carbocycles. The molecule has 4 aromatic carbocycles. The molecule has 0 aromatic heterocycles. The minimum atomic E-state index is -0.824. The van der Waals surface area contributed by atoms with Crippen molar-refractivity contribution in [2.45, 2.75) is 0 Å². The van der Waals surface area contributed by atoms with Crippen LogP contribution in [-0.4, -0.2) is 28.0 Å². The third kappa shape index (κ3) is 6.46. The minimum absolute atomic E-state index is 0.485. The molecule has 0 radical (unpaired) electrons. The third-order valence-electron chi connectivity index (χ3n) is 5.36. The van der Waals surface area contributed by atoms with Crippen molar-refractivity contribution in [3.8, 4) is 0 Å². The van der Waals surface area contributed by atoms with Crippen LogP contribution >= 0.6 is 15.8 Å². The van der Waals surface area contributed by atoms with E-state index in [0.29, 0.717) is 0 Å². The van der Waals surface area contributed by atoms with E-state index in [2.05, 4.69) is 121 Å². The van der Waals surface area contributed by atoms with Gasteiger partial charge in [0.1, 0.15) is 0 Å². The summed E-state index contributed by atoms with van der Waals surface area (Å²) in [5.41, 5.74) is 0. The lowest BCUT2D eigenvalue weighted by Gasteiger charge is -2.20. The molecule has 0 N–H and O–H groups in total. The molecule has 0 unspecified atom stereocenters. The monoisotopic (exact) mass is 474 g/mol. The van der Waals surface area contributed by atoms with E-state index in [4.69, 9.17) is 0 Å². The van der Waals surface area contributed by atoms with Crippen molar-refractivity contribution >= 4 is 47.9 Å². The fourth-order valence-electron chi connectivity index (χ4n) is 3.73. The Morgan fingerprint density at radius 1 is 0.438 bits per heavy atom. The fourth-order valence-corrected chi connectivity index (χ4v) is 10.8. The Bertz CT molecular complexity index is 921. The third-order valence-corrected chi connectivity index (χ3v) is 12.3. The summed E-state index contributed by atoms with van der Waals surface area (Å²) in [4.78, 5) is 0. The molecule has 4 heteroatoms. The maximum atomic E-state index is 13.1. The van der Waals surface area contributed by atoms with Crippen molar-refractivity contribution in [1.82, 2.24) is 0 Å². The maximum Gasteiger partial charge on any atom is 0.0280 e. The summed E-state index contributed by atoms with van der Waals surface area (Å²) in [7, 11) is -1.79. The van der Waals surface area contributed by atoms with Crippen LogP contribution in [0.4, 0.5) is 0 Å². The largest absolute Gasteiger partial charge is 0.260 e. The van der Waals surface area contributed by atoms with E-state index < -0.39 is 26.6 Å². The van der Waals surface area contributed by atoms with Crippen molar-refractivity contribution in [2.75, 3.05) is 23.8 Å². The molecule has 0 bridgehead atoms. The highest BCUT2D eigenvalue weighted by Crippen LogP contribution is 2.35. The molecule has 4 aromatic rings. The van der Waals surface area contributed by atoms with Crippen molar-refractivity contribution in [3.05, 3.63) is 121 Å². The molecule has 0 spiro atoms. The molecule has 0 fully saturated rings. The van der Waals surface area contributed by atoms with Gasteiger partial charge in [0.2, 0.25) is 0 Å². The van der Waals surface area contributed by atoms with Crippen LogP contribution < -0.4 is 21.2 Å². The Hall–Kier alpha value is -2.11.